The normalized spacial score (nSPS) is 10.7. The molecule has 2 N–H and O–H groups in total. The molecule has 0 aliphatic heterocycles. The molecule has 1 aromatic heterocycles. The summed E-state index contributed by atoms with van der Waals surface area (Å²) in [7, 11) is 0. The van der Waals surface area contributed by atoms with E-state index in [1.807, 2.05) is 0 Å². The molecule has 162 valence electrons. The van der Waals surface area contributed by atoms with Crippen LogP contribution in [0.4, 0.5) is 18.9 Å². The van der Waals surface area contributed by atoms with Crippen LogP contribution in [0.2, 0.25) is 0 Å². The molecule has 0 aliphatic rings. The van der Waals surface area contributed by atoms with E-state index in [4.69, 9.17) is 10.2 Å². The molecule has 0 amide bonds. The zero-order valence-corrected chi connectivity index (χ0v) is 15.7. The van der Waals surface area contributed by atoms with Crippen LogP contribution in [0.5, 0.6) is 0 Å². The molecule has 1 heterocycles. The number of nitrogens with zero attached hydrogens (tertiary/aromatic N) is 3. The molecule has 0 spiro atoms. The van der Waals surface area contributed by atoms with E-state index in [-0.39, 0.29) is 22.4 Å². The lowest BCUT2D eigenvalue weighted by Crippen LogP contribution is -2.10. The molecule has 3 aromatic rings. The van der Waals surface area contributed by atoms with Crippen molar-refractivity contribution in [3.05, 3.63) is 87.5 Å². The minimum absolute atomic E-state index is 0.0277. The van der Waals surface area contributed by atoms with Crippen molar-refractivity contribution in [3.63, 3.8) is 0 Å². The number of alkyl halides is 3. The highest BCUT2D eigenvalue weighted by Crippen LogP contribution is 2.36. The van der Waals surface area contributed by atoms with Gasteiger partial charge in [0.15, 0.2) is 0 Å². The molecule has 0 saturated carbocycles. The smallest absolute Gasteiger partial charge is 0.418 e. The molecule has 9 nitrogen and oxygen atoms in total. The third kappa shape index (κ3) is 5.44. The van der Waals surface area contributed by atoms with Crippen LogP contribution in [0.1, 0.15) is 31.8 Å². The molecule has 0 saturated heterocycles. The second kappa shape index (κ2) is 9.07. The van der Waals surface area contributed by atoms with Crippen LogP contribution in [-0.2, 0) is 6.18 Å². The molecular formula is C19H14F3N3O6. The van der Waals surface area contributed by atoms with Gasteiger partial charge in [0.1, 0.15) is 0 Å². The van der Waals surface area contributed by atoms with E-state index in [2.05, 4.69) is 4.98 Å². The fraction of sp³-hybridized carbons (Fsp3) is 0.105. The Kier molecular flexibility index (Phi) is 6.75. The predicted molar refractivity (Wildman–Crippen MR) is 100 cm³/mol. The first-order valence-electron chi connectivity index (χ1n) is 8.33. The van der Waals surface area contributed by atoms with E-state index in [9.17, 15) is 32.9 Å². The standard InChI is InChI=1S/C10H6F3N3O2.C9H8O4/c11-10(12,13)8-5-7(16(17)18)1-2-9(8)15-4-3-14-6-15;1-5-6(8(10)11)3-2-4-7(5)9(12)13/h1-6H;2-4H,1H3,(H,10,11)(H,12,13). The Morgan fingerprint density at radius 2 is 1.68 bits per heavy atom. The Morgan fingerprint density at radius 3 is 2.10 bits per heavy atom. The zero-order valence-electron chi connectivity index (χ0n) is 15.7. The number of imidazole rings is 1. The molecule has 3 rings (SSSR count). The third-order valence-electron chi connectivity index (χ3n) is 4.07. The Balaban J connectivity index is 0.000000233. The number of non-ortho nitro benzene ring substituents is 1. The van der Waals surface area contributed by atoms with Gasteiger partial charge < -0.3 is 14.8 Å². The van der Waals surface area contributed by atoms with Crippen LogP contribution >= 0.6 is 0 Å². The Bertz CT molecular complexity index is 1100. The van der Waals surface area contributed by atoms with Gasteiger partial charge in [0, 0.05) is 24.5 Å². The second-order valence-electron chi connectivity index (χ2n) is 6.01. The van der Waals surface area contributed by atoms with Gasteiger partial charge in [-0.05, 0) is 30.7 Å². The first-order chi connectivity index (χ1) is 14.4. The van der Waals surface area contributed by atoms with Crippen LogP contribution in [0.3, 0.4) is 0 Å². The topological polar surface area (TPSA) is 136 Å². The molecule has 0 unspecified atom stereocenters. The number of hydrogen-bond acceptors (Lipinski definition) is 5. The van der Waals surface area contributed by atoms with Crippen LogP contribution < -0.4 is 0 Å². The fourth-order valence-corrected chi connectivity index (χ4v) is 2.59. The third-order valence-corrected chi connectivity index (χ3v) is 4.07. The molecular weight excluding hydrogens is 423 g/mol. The van der Waals surface area contributed by atoms with Crippen molar-refractivity contribution in [1.82, 2.24) is 9.55 Å². The number of benzene rings is 2. The SMILES string of the molecule is Cc1c(C(=O)O)cccc1C(=O)O.O=[N+]([O-])c1ccc(-n2ccnc2)c(C(F)(F)F)c1. The second-order valence-corrected chi connectivity index (χ2v) is 6.01. The van der Waals surface area contributed by atoms with Crippen molar-refractivity contribution in [1.29, 1.82) is 0 Å². The summed E-state index contributed by atoms with van der Waals surface area (Å²) >= 11 is 0. The van der Waals surface area contributed by atoms with Gasteiger partial charge in [-0.15, -0.1) is 0 Å². The van der Waals surface area contributed by atoms with Crippen LogP contribution in [-0.4, -0.2) is 36.6 Å². The highest BCUT2D eigenvalue weighted by atomic mass is 19.4. The first-order valence-corrected chi connectivity index (χ1v) is 8.33. The number of halogens is 3. The highest BCUT2D eigenvalue weighted by Gasteiger charge is 2.35. The zero-order chi connectivity index (χ0) is 23.3. The van der Waals surface area contributed by atoms with Gasteiger partial charge in [-0.1, -0.05) is 6.07 Å². The summed E-state index contributed by atoms with van der Waals surface area (Å²) in [5, 5.41) is 27.9. The Morgan fingerprint density at radius 1 is 1.10 bits per heavy atom. The van der Waals surface area contributed by atoms with Gasteiger partial charge in [0.05, 0.1) is 33.6 Å². The molecule has 0 fully saturated rings. The number of hydrogen-bond donors (Lipinski definition) is 2. The number of carboxylic acid groups (broad SMARTS) is 2. The lowest BCUT2D eigenvalue weighted by molar-refractivity contribution is -0.385. The summed E-state index contributed by atoms with van der Waals surface area (Å²) in [6, 6.07) is 6.75. The maximum Gasteiger partial charge on any atom is 0.418 e. The van der Waals surface area contributed by atoms with E-state index in [1.165, 1.54) is 43.8 Å². The predicted octanol–water partition coefficient (Wildman–Crippen LogP) is 4.19. The van der Waals surface area contributed by atoms with Crippen molar-refractivity contribution in [3.8, 4) is 5.69 Å². The van der Waals surface area contributed by atoms with Gasteiger partial charge >= 0.3 is 18.1 Å². The summed E-state index contributed by atoms with van der Waals surface area (Å²) in [5.41, 5.74) is -1.55. The number of aromatic carboxylic acids is 2. The van der Waals surface area contributed by atoms with Crippen molar-refractivity contribution in [2.45, 2.75) is 13.1 Å². The highest BCUT2D eigenvalue weighted by molar-refractivity contribution is 5.96. The molecule has 31 heavy (non-hydrogen) atoms. The average molecular weight is 437 g/mol. The molecule has 0 atom stereocenters. The Labute approximate surface area is 172 Å². The number of nitro groups is 1. The van der Waals surface area contributed by atoms with Crippen LogP contribution in [0, 0.1) is 17.0 Å². The lowest BCUT2D eigenvalue weighted by atomic mass is 10.0. The quantitative estimate of drug-likeness (QED) is 0.461. The molecule has 12 heteroatoms. The van der Waals surface area contributed by atoms with Crippen molar-refractivity contribution in [2.24, 2.45) is 0 Å². The van der Waals surface area contributed by atoms with Gasteiger partial charge in [-0.3, -0.25) is 10.1 Å². The summed E-state index contributed by atoms with van der Waals surface area (Å²) < 4.78 is 39.6. The maximum atomic E-state index is 12.8. The monoisotopic (exact) mass is 437 g/mol. The minimum Gasteiger partial charge on any atom is -0.478 e. The van der Waals surface area contributed by atoms with Gasteiger partial charge in [0.2, 0.25) is 0 Å². The van der Waals surface area contributed by atoms with Crippen molar-refractivity contribution >= 4 is 17.6 Å². The van der Waals surface area contributed by atoms with E-state index >= 15 is 0 Å². The molecule has 0 aliphatic carbocycles. The molecule has 0 bridgehead atoms. The largest absolute Gasteiger partial charge is 0.478 e. The minimum atomic E-state index is -4.67. The van der Waals surface area contributed by atoms with Gasteiger partial charge in [-0.2, -0.15) is 13.2 Å². The van der Waals surface area contributed by atoms with Crippen molar-refractivity contribution < 1.29 is 37.9 Å². The number of rotatable bonds is 4. The fourth-order valence-electron chi connectivity index (χ4n) is 2.59. The van der Waals surface area contributed by atoms with E-state index in [0.717, 1.165) is 16.7 Å². The number of aromatic nitrogens is 2. The van der Waals surface area contributed by atoms with Gasteiger partial charge in [-0.25, -0.2) is 14.6 Å². The number of carbonyl (C=O) groups is 2. The summed E-state index contributed by atoms with van der Waals surface area (Å²) in [4.78, 5) is 34.5. The first kappa shape index (κ1) is 23.1. The summed E-state index contributed by atoms with van der Waals surface area (Å²) in [5.74, 6) is -2.22. The van der Waals surface area contributed by atoms with Crippen molar-refractivity contribution in [2.75, 3.05) is 0 Å². The average Bonchev–Trinajstić information content (AvgIpc) is 3.21. The van der Waals surface area contributed by atoms with Gasteiger partial charge in [0.25, 0.3) is 5.69 Å². The summed E-state index contributed by atoms with van der Waals surface area (Å²) in [6.45, 7) is 1.48. The van der Waals surface area contributed by atoms with E-state index < -0.39 is 34.3 Å². The number of carboxylic acids is 2. The summed E-state index contributed by atoms with van der Waals surface area (Å²) in [6.07, 6.45) is -0.833. The van der Waals surface area contributed by atoms with E-state index in [0.29, 0.717) is 6.07 Å². The molecule has 0 radical (unpaired) electrons. The maximum absolute atomic E-state index is 12.8. The molecule has 2 aromatic carbocycles. The number of nitro benzene ring substituents is 1. The Hall–Kier alpha value is -4.22. The van der Waals surface area contributed by atoms with Crippen LogP contribution in [0.15, 0.2) is 55.1 Å². The van der Waals surface area contributed by atoms with Crippen LogP contribution in [0.25, 0.3) is 5.69 Å². The van der Waals surface area contributed by atoms with E-state index in [1.54, 1.807) is 0 Å². The lowest BCUT2D eigenvalue weighted by Gasteiger charge is -2.12.